The summed E-state index contributed by atoms with van der Waals surface area (Å²) in [6.45, 7) is 3.75. The van der Waals surface area contributed by atoms with Crippen molar-refractivity contribution in [2.24, 2.45) is 0 Å². The Labute approximate surface area is 136 Å². The molecule has 0 saturated carbocycles. The molecule has 3 rings (SSSR count). The van der Waals surface area contributed by atoms with Crippen molar-refractivity contribution in [1.82, 2.24) is 0 Å². The second-order valence-electron chi connectivity index (χ2n) is 5.82. The Balaban J connectivity index is 2.44. The summed E-state index contributed by atoms with van der Waals surface area (Å²) in [4.78, 5) is 12.7. The highest BCUT2D eigenvalue weighted by molar-refractivity contribution is 5.98. The molecule has 0 unspecified atom stereocenters. The molecule has 0 bridgehead atoms. The van der Waals surface area contributed by atoms with E-state index >= 15 is 0 Å². The summed E-state index contributed by atoms with van der Waals surface area (Å²) in [5.41, 5.74) is 0.528. The van der Waals surface area contributed by atoms with Crippen LogP contribution in [0.1, 0.15) is 19.4 Å². The van der Waals surface area contributed by atoms with Crippen LogP contribution < -0.4 is 5.43 Å². The number of hydrogen-bond donors (Lipinski definition) is 4. The Bertz CT molecular complexity index is 1050. The van der Waals surface area contributed by atoms with Gasteiger partial charge in [0.1, 0.15) is 33.4 Å². The van der Waals surface area contributed by atoms with Crippen molar-refractivity contribution in [3.63, 3.8) is 0 Å². The number of hydrogen-bond acceptors (Lipinski definition) is 6. The highest BCUT2D eigenvalue weighted by Crippen LogP contribution is 2.38. The number of fused-ring (bicyclic) bond motifs is 2. The quantitative estimate of drug-likeness (QED) is 0.326. The second-order valence-corrected chi connectivity index (χ2v) is 5.82. The van der Waals surface area contributed by atoms with Crippen molar-refractivity contribution < 1.29 is 24.8 Å². The van der Waals surface area contributed by atoms with Gasteiger partial charge in [-0.15, -0.1) is 0 Å². The summed E-state index contributed by atoms with van der Waals surface area (Å²) in [5, 5.41) is 39.7. The SMILES string of the molecule is CC(C)=CCc1c(O)cc2oc3ccc(O)c(O)c3c(=O)c2c1O. The molecule has 4 N–H and O–H groups in total. The molecule has 0 fully saturated rings. The molecule has 0 saturated heterocycles. The first kappa shape index (κ1) is 15.7. The fraction of sp³-hybridized carbons (Fsp3) is 0.167. The summed E-state index contributed by atoms with van der Waals surface area (Å²) in [6.07, 6.45) is 2.03. The molecule has 0 amide bonds. The molecule has 0 radical (unpaired) electrons. The fourth-order valence-corrected chi connectivity index (χ4v) is 2.59. The number of rotatable bonds is 2. The summed E-state index contributed by atoms with van der Waals surface area (Å²) >= 11 is 0. The lowest BCUT2D eigenvalue weighted by Gasteiger charge is -2.10. The van der Waals surface area contributed by atoms with Gasteiger partial charge < -0.3 is 24.8 Å². The fourth-order valence-electron chi connectivity index (χ4n) is 2.59. The van der Waals surface area contributed by atoms with Crippen LogP contribution in [0, 0.1) is 0 Å². The molecule has 2 aromatic carbocycles. The average molecular weight is 328 g/mol. The number of phenolic OH excluding ortho intramolecular Hbond substituents is 4. The Morgan fingerprint density at radius 2 is 1.67 bits per heavy atom. The van der Waals surface area contributed by atoms with Crippen molar-refractivity contribution in [1.29, 1.82) is 0 Å². The van der Waals surface area contributed by atoms with Gasteiger partial charge in [-0.1, -0.05) is 11.6 Å². The van der Waals surface area contributed by atoms with Gasteiger partial charge in [-0.25, -0.2) is 0 Å². The summed E-state index contributed by atoms with van der Waals surface area (Å²) in [5.74, 6) is -1.66. The smallest absolute Gasteiger partial charge is 0.208 e. The summed E-state index contributed by atoms with van der Waals surface area (Å²) in [6, 6.07) is 3.78. The highest BCUT2D eigenvalue weighted by atomic mass is 16.3. The predicted octanol–water partition coefficient (Wildman–Crippen LogP) is 3.28. The van der Waals surface area contributed by atoms with Crippen LogP contribution in [0.3, 0.4) is 0 Å². The molecule has 6 heteroatoms. The minimum absolute atomic E-state index is 0.00598. The van der Waals surface area contributed by atoms with Gasteiger partial charge in [0.05, 0.1) is 0 Å². The van der Waals surface area contributed by atoms with E-state index in [9.17, 15) is 25.2 Å². The van der Waals surface area contributed by atoms with Gasteiger partial charge in [-0.3, -0.25) is 4.79 Å². The van der Waals surface area contributed by atoms with Crippen LogP contribution in [0.15, 0.2) is 39.1 Å². The van der Waals surface area contributed by atoms with E-state index in [0.717, 1.165) is 5.57 Å². The second kappa shape index (κ2) is 5.49. The van der Waals surface area contributed by atoms with Crippen LogP contribution in [-0.4, -0.2) is 20.4 Å². The van der Waals surface area contributed by atoms with Gasteiger partial charge in [0, 0.05) is 11.6 Å². The van der Waals surface area contributed by atoms with E-state index in [1.165, 1.54) is 18.2 Å². The average Bonchev–Trinajstić information content (AvgIpc) is 2.50. The Morgan fingerprint density at radius 3 is 2.33 bits per heavy atom. The van der Waals surface area contributed by atoms with Crippen molar-refractivity contribution >= 4 is 21.9 Å². The Morgan fingerprint density at radius 1 is 1.00 bits per heavy atom. The molecule has 0 aliphatic carbocycles. The largest absolute Gasteiger partial charge is 0.507 e. The van der Waals surface area contributed by atoms with Gasteiger partial charge >= 0.3 is 0 Å². The van der Waals surface area contributed by atoms with Crippen LogP contribution in [0.5, 0.6) is 23.0 Å². The highest BCUT2D eigenvalue weighted by Gasteiger charge is 2.20. The lowest BCUT2D eigenvalue weighted by Crippen LogP contribution is -2.04. The third kappa shape index (κ3) is 2.32. The number of allylic oxidation sites excluding steroid dienone is 2. The van der Waals surface area contributed by atoms with E-state index in [4.69, 9.17) is 4.42 Å². The van der Waals surface area contributed by atoms with Crippen molar-refractivity contribution in [2.45, 2.75) is 20.3 Å². The summed E-state index contributed by atoms with van der Waals surface area (Å²) < 4.78 is 5.50. The van der Waals surface area contributed by atoms with E-state index in [1.54, 1.807) is 6.08 Å². The van der Waals surface area contributed by atoms with E-state index in [2.05, 4.69) is 0 Å². The van der Waals surface area contributed by atoms with Gasteiger partial charge in [-0.05, 0) is 32.4 Å². The van der Waals surface area contributed by atoms with Crippen LogP contribution in [-0.2, 0) is 6.42 Å². The van der Waals surface area contributed by atoms with E-state index in [1.807, 2.05) is 13.8 Å². The topological polar surface area (TPSA) is 111 Å². The molecule has 3 aromatic rings. The predicted molar refractivity (Wildman–Crippen MR) is 89.8 cm³/mol. The molecule has 0 aliphatic rings. The zero-order valence-electron chi connectivity index (χ0n) is 13.1. The molecular formula is C18H16O6. The molecule has 1 aromatic heterocycles. The van der Waals surface area contributed by atoms with Gasteiger partial charge in [0.25, 0.3) is 0 Å². The molecule has 0 aliphatic heterocycles. The number of phenols is 4. The maximum atomic E-state index is 12.7. The van der Waals surface area contributed by atoms with E-state index < -0.39 is 22.7 Å². The van der Waals surface area contributed by atoms with Gasteiger partial charge in [-0.2, -0.15) is 0 Å². The van der Waals surface area contributed by atoms with Gasteiger partial charge in [0.15, 0.2) is 11.5 Å². The lowest BCUT2D eigenvalue weighted by molar-refractivity contribution is 0.407. The van der Waals surface area contributed by atoms with Crippen molar-refractivity contribution in [3.05, 3.63) is 45.6 Å². The first-order chi connectivity index (χ1) is 11.3. The monoisotopic (exact) mass is 328 g/mol. The van der Waals surface area contributed by atoms with E-state index in [0.29, 0.717) is 0 Å². The van der Waals surface area contributed by atoms with Crippen LogP contribution in [0.25, 0.3) is 21.9 Å². The molecule has 0 spiro atoms. The van der Waals surface area contributed by atoms with Crippen LogP contribution >= 0.6 is 0 Å². The summed E-state index contributed by atoms with van der Waals surface area (Å²) in [7, 11) is 0. The number of benzene rings is 2. The van der Waals surface area contributed by atoms with E-state index in [-0.39, 0.29) is 39.7 Å². The molecule has 0 atom stereocenters. The van der Waals surface area contributed by atoms with Gasteiger partial charge in [0.2, 0.25) is 5.43 Å². The first-order valence-electron chi connectivity index (χ1n) is 7.30. The normalized spacial score (nSPS) is 11.1. The third-order valence-electron chi connectivity index (χ3n) is 3.85. The molecule has 24 heavy (non-hydrogen) atoms. The molecule has 1 heterocycles. The van der Waals surface area contributed by atoms with Crippen molar-refractivity contribution in [3.8, 4) is 23.0 Å². The third-order valence-corrected chi connectivity index (χ3v) is 3.85. The minimum atomic E-state index is -0.685. The maximum absolute atomic E-state index is 12.7. The molecular weight excluding hydrogens is 312 g/mol. The van der Waals surface area contributed by atoms with Crippen LogP contribution in [0.2, 0.25) is 0 Å². The zero-order chi connectivity index (χ0) is 17.6. The first-order valence-corrected chi connectivity index (χ1v) is 7.30. The van der Waals surface area contributed by atoms with Crippen LogP contribution in [0.4, 0.5) is 0 Å². The lowest BCUT2D eigenvalue weighted by atomic mass is 10.0. The molecule has 124 valence electrons. The number of aromatic hydroxyl groups is 4. The molecule has 6 nitrogen and oxygen atoms in total. The zero-order valence-corrected chi connectivity index (χ0v) is 13.1. The maximum Gasteiger partial charge on any atom is 0.208 e. The van der Waals surface area contributed by atoms with Crippen molar-refractivity contribution in [2.75, 3.05) is 0 Å². The Kier molecular flexibility index (Phi) is 3.60. The standard InChI is InChI=1S/C18H16O6/c1-8(2)3-4-9-11(20)7-13-15(16(9)21)18(23)14-12(24-13)6-5-10(19)17(14)22/h3,5-7,19-22H,4H2,1-2H3. The minimum Gasteiger partial charge on any atom is -0.507 e. The Hall–Kier alpha value is -3.15.